The molecule has 1 aliphatic heterocycles. The molecule has 2 aromatic rings. The van der Waals surface area contributed by atoms with Gasteiger partial charge >= 0.3 is 0 Å². The molecule has 1 N–H and O–H groups in total. The standard InChI is InChI=1S/C26H33ClN2O3S/c1-3-25(21-9-8-19-6-4-5-7-20(19)16-21)28-26(30)23-17-22(10-11-24(23)27)33(31,32)29-14-12-18(2)13-15-29/h8-11,16-18,25H,3-7,12-15H2,1-2H3,(H,28,30). The maximum atomic E-state index is 13.2. The van der Waals surface area contributed by atoms with Crippen LogP contribution in [0.5, 0.6) is 0 Å². The number of carbonyl (C=O) groups excluding carboxylic acids is 1. The van der Waals surface area contributed by atoms with Gasteiger partial charge in [0.15, 0.2) is 0 Å². The van der Waals surface area contributed by atoms with Crippen LogP contribution in [0, 0.1) is 5.92 Å². The number of piperidine rings is 1. The maximum absolute atomic E-state index is 13.2. The molecular weight excluding hydrogens is 456 g/mol. The van der Waals surface area contributed by atoms with E-state index in [9.17, 15) is 13.2 Å². The molecule has 7 heteroatoms. The molecule has 178 valence electrons. The molecule has 1 amide bonds. The van der Waals surface area contributed by atoms with Crippen LogP contribution in [0.1, 0.15) is 79.0 Å². The van der Waals surface area contributed by atoms with Gasteiger partial charge in [0.1, 0.15) is 0 Å². The number of nitrogens with one attached hydrogen (secondary N) is 1. The van der Waals surface area contributed by atoms with Crippen LogP contribution in [-0.4, -0.2) is 31.7 Å². The summed E-state index contributed by atoms with van der Waals surface area (Å²) in [5.41, 5.74) is 4.04. The van der Waals surface area contributed by atoms with E-state index >= 15 is 0 Å². The number of sulfonamides is 1. The molecule has 2 aliphatic rings. The normalized spacial score (nSPS) is 18.5. The van der Waals surface area contributed by atoms with E-state index in [1.807, 2.05) is 6.92 Å². The average molecular weight is 489 g/mol. The third-order valence-electron chi connectivity index (χ3n) is 7.05. The Morgan fingerprint density at radius 2 is 1.79 bits per heavy atom. The first kappa shape index (κ1) is 24.2. The summed E-state index contributed by atoms with van der Waals surface area (Å²) >= 11 is 6.34. The van der Waals surface area contributed by atoms with Gasteiger partial charge in [0.2, 0.25) is 10.0 Å². The smallest absolute Gasteiger partial charge is 0.253 e. The molecule has 0 aromatic heterocycles. The molecular formula is C26H33ClN2O3S. The Labute approximate surface area is 202 Å². The Bertz CT molecular complexity index is 1120. The second-order valence-corrected chi connectivity index (χ2v) is 11.7. The van der Waals surface area contributed by atoms with E-state index in [0.717, 1.165) is 37.7 Å². The first-order valence-electron chi connectivity index (χ1n) is 12.0. The van der Waals surface area contributed by atoms with Crippen molar-refractivity contribution in [3.8, 4) is 0 Å². The first-order valence-corrected chi connectivity index (χ1v) is 13.8. The van der Waals surface area contributed by atoms with Gasteiger partial charge in [-0.3, -0.25) is 4.79 Å². The van der Waals surface area contributed by atoms with E-state index in [4.69, 9.17) is 11.6 Å². The highest BCUT2D eigenvalue weighted by Gasteiger charge is 2.29. The predicted octanol–water partition coefficient (Wildman–Crippen LogP) is 5.52. The van der Waals surface area contributed by atoms with Crippen molar-refractivity contribution in [1.82, 2.24) is 9.62 Å². The second-order valence-electron chi connectivity index (χ2n) is 9.40. The summed E-state index contributed by atoms with van der Waals surface area (Å²) in [6.07, 6.45) is 7.05. The van der Waals surface area contributed by atoms with E-state index in [0.29, 0.717) is 19.0 Å². The van der Waals surface area contributed by atoms with Crippen molar-refractivity contribution < 1.29 is 13.2 Å². The van der Waals surface area contributed by atoms with Gasteiger partial charge in [-0.1, -0.05) is 43.6 Å². The number of carbonyl (C=O) groups is 1. The molecule has 1 fully saturated rings. The lowest BCUT2D eigenvalue weighted by molar-refractivity contribution is 0.0935. The Morgan fingerprint density at radius 3 is 2.48 bits per heavy atom. The number of hydrogen-bond donors (Lipinski definition) is 1. The molecule has 0 saturated carbocycles. The van der Waals surface area contributed by atoms with Crippen LogP contribution < -0.4 is 5.32 Å². The summed E-state index contributed by atoms with van der Waals surface area (Å²) in [4.78, 5) is 13.3. The summed E-state index contributed by atoms with van der Waals surface area (Å²) in [6.45, 7) is 5.18. The quantitative estimate of drug-likeness (QED) is 0.582. The first-order chi connectivity index (χ1) is 15.8. The fourth-order valence-electron chi connectivity index (χ4n) is 4.84. The van der Waals surface area contributed by atoms with E-state index in [1.165, 1.54) is 46.5 Å². The minimum atomic E-state index is -3.66. The summed E-state index contributed by atoms with van der Waals surface area (Å²) in [6, 6.07) is 10.7. The number of halogens is 1. The maximum Gasteiger partial charge on any atom is 0.253 e. The van der Waals surface area contributed by atoms with Crippen molar-refractivity contribution in [2.45, 2.75) is 69.7 Å². The van der Waals surface area contributed by atoms with Gasteiger partial charge < -0.3 is 5.32 Å². The number of rotatable bonds is 6. The van der Waals surface area contributed by atoms with Gasteiger partial charge in [0.25, 0.3) is 5.91 Å². The van der Waals surface area contributed by atoms with E-state index in [1.54, 1.807) is 0 Å². The van der Waals surface area contributed by atoms with Crippen molar-refractivity contribution in [3.05, 3.63) is 63.7 Å². The van der Waals surface area contributed by atoms with Crippen molar-refractivity contribution in [1.29, 1.82) is 0 Å². The van der Waals surface area contributed by atoms with Crippen LogP contribution in [0.3, 0.4) is 0 Å². The summed E-state index contributed by atoms with van der Waals surface area (Å²) in [5.74, 6) is 0.173. The lowest BCUT2D eigenvalue weighted by Crippen LogP contribution is -2.38. The number of hydrogen-bond acceptors (Lipinski definition) is 3. The molecule has 1 heterocycles. The number of fused-ring (bicyclic) bond motifs is 1. The fourth-order valence-corrected chi connectivity index (χ4v) is 6.54. The second kappa shape index (κ2) is 10.2. The van der Waals surface area contributed by atoms with E-state index in [2.05, 4.69) is 30.4 Å². The molecule has 0 spiro atoms. The lowest BCUT2D eigenvalue weighted by atomic mass is 9.88. The summed E-state index contributed by atoms with van der Waals surface area (Å²) in [7, 11) is -3.66. The average Bonchev–Trinajstić information content (AvgIpc) is 2.82. The van der Waals surface area contributed by atoms with Gasteiger partial charge in [0.05, 0.1) is 21.5 Å². The van der Waals surface area contributed by atoms with Gasteiger partial charge in [-0.25, -0.2) is 8.42 Å². The lowest BCUT2D eigenvalue weighted by Gasteiger charge is -2.29. The zero-order valence-electron chi connectivity index (χ0n) is 19.4. The van der Waals surface area contributed by atoms with E-state index in [-0.39, 0.29) is 27.4 Å². The highest BCUT2D eigenvalue weighted by Crippen LogP contribution is 2.29. The number of nitrogens with zero attached hydrogens (tertiary/aromatic N) is 1. The third kappa shape index (κ3) is 5.28. The topological polar surface area (TPSA) is 66.5 Å². The van der Waals surface area contributed by atoms with E-state index < -0.39 is 10.0 Å². The largest absolute Gasteiger partial charge is 0.345 e. The monoisotopic (exact) mass is 488 g/mol. The zero-order chi connectivity index (χ0) is 23.6. The van der Waals surface area contributed by atoms with Gasteiger partial charge in [-0.05, 0) is 85.8 Å². The van der Waals surface area contributed by atoms with Gasteiger partial charge in [0, 0.05) is 13.1 Å². The van der Waals surface area contributed by atoms with Gasteiger partial charge in [-0.15, -0.1) is 0 Å². The van der Waals surface area contributed by atoms with Crippen molar-refractivity contribution >= 4 is 27.5 Å². The molecule has 1 atom stereocenters. The van der Waals surface area contributed by atoms with Crippen LogP contribution in [0.4, 0.5) is 0 Å². The summed E-state index contributed by atoms with van der Waals surface area (Å²) in [5, 5.41) is 3.33. The fraction of sp³-hybridized carbons (Fsp3) is 0.500. The molecule has 33 heavy (non-hydrogen) atoms. The third-order valence-corrected chi connectivity index (χ3v) is 9.28. The van der Waals surface area contributed by atoms with Crippen LogP contribution in [-0.2, 0) is 22.9 Å². The van der Waals surface area contributed by atoms with Crippen LogP contribution >= 0.6 is 11.6 Å². The number of amides is 1. The van der Waals surface area contributed by atoms with Gasteiger partial charge in [-0.2, -0.15) is 4.31 Å². The van der Waals surface area contributed by atoms with Crippen molar-refractivity contribution in [2.75, 3.05) is 13.1 Å². The molecule has 0 radical (unpaired) electrons. The Morgan fingerprint density at radius 1 is 1.09 bits per heavy atom. The van der Waals surface area contributed by atoms with Crippen molar-refractivity contribution in [2.24, 2.45) is 5.92 Å². The number of aryl methyl sites for hydroxylation is 2. The molecule has 4 rings (SSSR count). The minimum absolute atomic E-state index is 0.119. The van der Waals surface area contributed by atoms with Crippen LogP contribution in [0.2, 0.25) is 5.02 Å². The zero-order valence-corrected chi connectivity index (χ0v) is 21.0. The molecule has 1 saturated heterocycles. The van der Waals surface area contributed by atoms with Crippen molar-refractivity contribution in [3.63, 3.8) is 0 Å². The Balaban J connectivity index is 1.55. The Kier molecular flexibility index (Phi) is 7.46. The molecule has 2 aromatic carbocycles. The summed E-state index contributed by atoms with van der Waals surface area (Å²) < 4.78 is 27.8. The SMILES string of the molecule is CCC(NC(=O)c1cc(S(=O)(=O)N2CCC(C)CC2)ccc1Cl)c1ccc2c(c1)CCCC2. The molecule has 0 bridgehead atoms. The highest BCUT2D eigenvalue weighted by molar-refractivity contribution is 7.89. The predicted molar refractivity (Wildman–Crippen MR) is 132 cm³/mol. The van der Waals surface area contributed by atoms with Crippen LogP contribution in [0.25, 0.3) is 0 Å². The Hall–Kier alpha value is -1.89. The highest BCUT2D eigenvalue weighted by atomic mass is 35.5. The molecule has 5 nitrogen and oxygen atoms in total. The molecule has 1 aliphatic carbocycles. The van der Waals surface area contributed by atoms with Crippen LogP contribution in [0.15, 0.2) is 41.3 Å². The minimum Gasteiger partial charge on any atom is -0.345 e. The molecule has 1 unspecified atom stereocenters. The number of benzene rings is 2.